The van der Waals surface area contributed by atoms with Gasteiger partial charge >= 0.3 is 0 Å². The highest BCUT2D eigenvalue weighted by atomic mass is 79.9. The maximum absolute atomic E-state index is 12.0. The van der Waals surface area contributed by atoms with E-state index in [9.17, 15) is 4.79 Å². The molecule has 0 aliphatic rings. The van der Waals surface area contributed by atoms with Crippen LogP contribution in [0.2, 0.25) is 0 Å². The quantitative estimate of drug-likeness (QED) is 0.735. The molecule has 0 saturated heterocycles. The molecule has 1 amide bonds. The summed E-state index contributed by atoms with van der Waals surface area (Å²) in [7, 11) is 0. The predicted octanol–water partition coefficient (Wildman–Crippen LogP) is 4.82. The van der Waals surface area contributed by atoms with Gasteiger partial charge in [0.15, 0.2) is 6.61 Å². The van der Waals surface area contributed by atoms with E-state index in [1.165, 1.54) is 0 Å². The van der Waals surface area contributed by atoms with Gasteiger partial charge in [-0.25, -0.2) is 0 Å². The summed E-state index contributed by atoms with van der Waals surface area (Å²) in [6.45, 7) is 5.97. The van der Waals surface area contributed by atoms with Crippen molar-refractivity contribution in [1.82, 2.24) is 0 Å². The van der Waals surface area contributed by atoms with E-state index in [0.29, 0.717) is 5.69 Å². The zero-order valence-electron chi connectivity index (χ0n) is 14.1. The Morgan fingerprint density at radius 3 is 2.50 bits per heavy atom. The third-order valence-corrected chi connectivity index (χ3v) is 3.77. The van der Waals surface area contributed by atoms with Gasteiger partial charge in [0, 0.05) is 10.2 Å². The molecule has 0 aromatic heterocycles. The number of aryl methyl sites for hydroxylation is 1. The summed E-state index contributed by atoms with van der Waals surface area (Å²) in [6.07, 6.45) is 0.964. The second-order valence-corrected chi connectivity index (χ2v) is 6.55. The lowest BCUT2D eigenvalue weighted by molar-refractivity contribution is -0.118. The lowest BCUT2D eigenvalue weighted by Gasteiger charge is -2.12. The molecule has 2 rings (SSSR count). The summed E-state index contributed by atoms with van der Waals surface area (Å²) in [5.41, 5.74) is 1.78. The lowest BCUT2D eigenvalue weighted by Crippen LogP contribution is -2.20. The summed E-state index contributed by atoms with van der Waals surface area (Å²) < 4.78 is 12.2. The Hall–Kier alpha value is -2.01. The van der Waals surface area contributed by atoms with Crippen molar-refractivity contribution in [3.63, 3.8) is 0 Å². The summed E-state index contributed by atoms with van der Waals surface area (Å²) in [5, 5.41) is 2.81. The molecule has 4 nitrogen and oxygen atoms in total. The number of ether oxygens (including phenoxy) is 2. The molecule has 0 unspecified atom stereocenters. The van der Waals surface area contributed by atoms with Gasteiger partial charge in [-0.15, -0.1) is 0 Å². The van der Waals surface area contributed by atoms with Crippen LogP contribution in [0.15, 0.2) is 46.9 Å². The second kappa shape index (κ2) is 8.73. The standard InChI is InChI=1S/C19H22BrNO3/c1-4-14-11-15(20)5-10-18(14)23-12-19(22)21-16-6-8-17(9-7-16)24-13(2)3/h5-11,13H,4,12H2,1-3H3,(H,21,22). The van der Waals surface area contributed by atoms with Crippen LogP contribution >= 0.6 is 15.9 Å². The molecule has 0 saturated carbocycles. The normalized spacial score (nSPS) is 10.5. The number of halogens is 1. The van der Waals surface area contributed by atoms with E-state index in [1.54, 1.807) is 0 Å². The van der Waals surface area contributed by atoms with Crippen LogP contribution in [0.5, 0.6) is 11.5 Å². The maximum atomic E-state index is 12.0. The fourth-order valence-electron chi connectivity index (χ4n) is 2.19. The summed E-state index contributed by atoms with van der Waals surface area (Å²) in [4.78, 5) is 12.0. The largest absolute Gasteiger partial charge is 0.491 e. The molecule has 128 valence electrons. The van der Waals surface area contributed by atoms with E-state index < -0.39 is 0 Å². The maximum Gasteiger partial charge on any atom is 0.262 e. The highest BCUT2D eigenvalue weighted by molar-refractivity contribution is 9.10. The molecule has 24 heavy (non-hydrogen) atoms. The molecule has 0 heterocycles. The fourth-order valence-corrected chi connectivity index (χ4v) is 2.60. The zero-order chi connectivity index (χ0) is 17.5. The molecule has 5 heteroatoms. The summed E-state index contributed by atoms with van der Waals surface area (Å²) in [5.74, 6) is 1.32. The Morgan fingerprint density at radius 2 is 1.88 bits per heavy atom. The highest BCUT2D eigenvalue weighted by Gasteiger charge is 2.07. The van der Waals surface area contributed by atoms with Crippen molar-refractivity contribution in [2.24, 2.45) is 0 Å². The Bertz CT molecular complexity index is 684. The van der Waals surface area contributed by atoms with E-state index in [1.807, 2.05) is 56.3 Å². The molecule has 2 aromatic carbocycles. The van der Waals surface area contributed by atoms with Gasteiger partial charge in [0.25, 0.3) is 5.91 Å². The van der Waals surface area contributed by atoms with Crippen LogP contribution in [0.1, 0.15) is 26.3 Å². The first-order chi connectivity index (χ1) is 11.5. The molecular weight excluding hydrogens is 370 g/mol. The molecule has 0 fully saturated rings. The van der Waals surface area contributed by atoms with Gasteiger partial charge in [-0.3, -0.25) is 4.79 Å². The predicted molar refractivity (Wildman–Crippen MR) is 99.9 cm³/mol. The highest BCUT2D eigenvalue weighted by Crippen LogP contribution is 2.23. The van der Waals surface area contributed by atoms with Crippen molar-refractivity contribution in [3.05, 3.63) is 52.5 Å². The average molecular weight is 392 g/mol. The van der Waals surface area contributed by atoms with Crippen LogP contribution in [0.3, 0.4) is 0 Å². The number of rotatable bonds is 7. The summed E-state index contributed by atoms with van der Waals surface area (Å²) >= 11 is 3.44. The Labute approximate surface area is 151 Å². The minimum Gasteiger partial charge on any atom is -0.491 e. The molecule has 0 atom stereocenters. The second-order valence-electron chi connectivity index (χ2n) is 5.63. The number of amides is 1. The van der Waals surface area contributed by atoms with Gasteiger partial charge in [0.05, 0.1) is 6.10 Å². The minimum absolute atomic E-state index is 0.0289. The molecule has 0 aliphatic heterocycles. The first-order valence-corrected chi connectivity index (χ1v) is 8.75. The van der Waals surface area contributed by atoms with Gasteiger partial charge < -0.3 is 14.8 Å². The van der Waals surface area contributed by atoms with E-state index in [4.69, 9.17) is 9.47 Å². The number of anilines is 1. The Kier molecular flexibility index (Phi) is 6.67. The van der Waals surface area contributed by atoms with Crippen molar-refractivity contribution < 1.29 is 14.3 Å². The number of hydrogen-bond acceptors (Lipinski definition) is 3. The third-order valence-electron chi connectivity index (χ3n) is 3.27. The molecule has 0 bridgehead atoms. The SMILES string of the molecule is CCc1cc(Br)ccc1OCC(=O)Nc1ccc(OC(C)C)cc1. The number of carbonyl (C=O) groups is 1. The number of nitrogens with one attached hydrogen (secondary N) is 1. The van der Waals surface area contributed by atoms with Crippen LogP contribution in [-0.2, 0) is 11.2 Å². The van der Waals surface area contributed by atoms with Gasteiger partial charge in [-0.05, 0) is 68.3 Å². The topological polar surface area (TPSA) is 47.6 Å². The van der Waals surface area contributed by atoms with E-state index in [0.717, 1.165) is 28.0 Å². The van der Waals surface area contributed by atoms with Crippen LogP contribution in [-0.4, -0.2) is 18.6 Å². The third kappa shape index (κ3) is 5.57. The monoisotopic (exact) mass is 391 g/mol. The van der Waals surface area contributed by atoms with Crippen molar-refractivity contribution in [3.8, 4) is 11.5 Å². The van der Waals surface area contributed by atoms with Crippen molar-refractivity contribution in [2.45, 2.75) is 33.3 Å². The van der Waals surface area contributed by atoms with E-state index >= 15 is 0 Å². The Morgan fingerprint density at radius 1 is 1.17 bits per heavy atom. The van der Waals surface area contributed by atoms with Gasteiger partial charge in [-0.1, -0.05) is 22.9 Å². The van der Waals surface area contributed by atoms with Crippen molar-refractivity contribution in [1.29, 1.82) is 0 Å². The molecule has 0 aliphatic carbocycles. The molecule has 0 radical (unpaired) electrons. The molecule has 2 aromatic rings. The molecule has 1 N–H and O–H groups in total. The van der Waals surface area contributed by atoms with Crippen LogP contribution in [0.25, 0.3) is 0 Å². The first-order valence-electron chi connectivity index (χ1n) is 7.95. The van der Waals surface area contributed by atoms with Crippen molar-refractivity contribution in [2.75, 3.05) is 11.9 Å². The van der Waals surface area contributed by atoms with Crippen LogP contribution in [0.4, 0.5) is 5.69 Å². The fraction of sp³-hybridized carbons (Fsp3) is 0.316. The number of hydrogen-bond donors (Lipinski definition) is 1. The van der Waals surface area contributed by atoms with Gasteiger partial charge in [-0.2, -0.15) is 0 Å². The number of benzene rings is 2. The van der Waals surface area contributed by atoms with Gasteiger partial charge in [0.2, 0.25) is 0 Å². The number of carbonyl (C=O) groups excluding carboxylic acids is 1. The smallest absolute Gasteiger partial charge is 0.262 e. The van der Waals surface area contributed by atoms with E-state index in [2.05, 4.69) is 28.2 Å². The first kappa shape index (κ1) is 18.3. The van der Waals surface area contributed by atoms with E-state index in [-0.39, 0.29) is 18.6 Å². The molecule has 0 spiro atoms. The minimum atomic E-state index is -0.197. The van der Waals surface area contributed by atoms with Gasteiger partial charge in [0.1, 0.15) is 11.5 Å². The van der Waals surface area contributed by atoms with Crippen molar-refractivity contribution >= 4 is 27.5 Å². The Balaban J connectivity index is 1.89. The van der Waals surface area contributed by atoms with Crippen LogP contribution in [0, 0.1) is 0 Å². The molecular formula is C19H22BrNO3. The average Bonchev–Trinajstić information content (AvgIpc) is 2.55. The summed E-state index contributed by atoms with van der Waals surface area (Å²) in [6, 6.07) is 13.1. The lowest BCUT2D eigenvalue weighted by atomic mass is 10.1. The van der Waals surface area contributed by atoms with Crippen LogP contribution < -0.4 is 14.8 Å². The zero-order valence-corrected chi connectivity index (χ0v) is 15.7.